The SMILES string of the molecule is CCNC(=S)N[C@@H](CC(=O)O)C(=O)O. The zero-order valence-electron chi connectivity index (χ0n) is 7.61. The van der Waals surface area contributed by atoms with Crippen LogP contribution in [0.4, 0.5) is 0 Å². The van der Waals surface area contributed by atoms with Gasteiger partial charge < -0.3 is 20.8 Å². The lowest BCUT2D eigenvalue weighted by Gasteiger charge is -2.14. The monoisotopic (exact) mass is 220 g/mol. The molecule has 0 saturated carbocycles. The minimum Gasteiger partial charge on any atom is -0.481 e. The number of thiocarbonyl (C=S) groups is 1. The Morgan fingerprint density at radius 1 is 1.43 bits per heavy atom. The van der Waals surface area contributed by atoms with Crippen LogP contribution in [-0.4, -0.2) is 39.9 Å². The molecule has 4 N–H and O–H groups in total. The number of carbonyl (C=O) groups is 2. The third-order valence-corrected chi connectivity index (χ3v) is 1.58. The lowest BCUT2D eigenvalue weighted by molar-refractivity contribution is -0.145. The summed E-state index contributed by atoms with van der Waals surface area (Å²) in [4.78, 5) is 20.8. The van der Waals surface area contributed by atoms with Crippen molar-refractivity contribution in [1.29, 1.82) is 0 Å². The molecule has 14 heavy (non-hydrogen) atoms. The first-order valence-electron chi connectivity index (χ1n) is 3.96. The van der Waals surface area contributed by atoms with E-state index in [0.29, 0.717) is 6.54 Å². The van der Waals surface area contributed by atoms with Gasteiger partial charge in [0.1, 0.15) is 6.04 Å². The molecule has 0 radical (unpaired) electrons. The maximum Gasteiger partial charge on any atom is 0.326 e. The Bertz CT molecular complexity index is 244. The summed E-state index contributed by atoms with van der Waals surface area (Å²) in [6, 6.07) is -1.20. The molecule has 80 valence electrons. The molecule has 0 amide bonds. The van der Waals surface area contributed by atoms with Crippen molar-refractivity contribution in [1.82, 2.24) is 10.6 Å². The van der Waals surface area contributed by atoms with Crippen molar-refractivity contribution in [3.8, 4) is 0 Å². The van der Waals surface area contributed by atoms with Gasteiger partial charge in [-0.15, -0.1) is 0 Å². The van der Waals surface area contributed by atoms with Crippen molar-refractivity contribution in [3.63, 3.8) is 0 Å². The molecule has 0 heterocycles. The van der Waals surface area contributed by atoms with Crippen LogP contribution in [-0.2, 0) is 9.59 Å². The summed E-state index contributed by atoms with van der Waals surface area (Å²) in [7, 11) is 0. The quantitative estimate of drug-likeness (QED) is 0.459. The van der Waals surface area contributed by atoms with Crippen LogP contribution in [0.25, 0.3) is 0 Å². The lowest BCUT2D eigenvalue weighted by Crippen LogP contribution is -2.46. The van der Waals surface area contributed by atoms with Crippen molar-refractivity contribution in [2.45, 2.75) is 19.4 Å². The second-order valence-electron chi connectivity index (χ2n) is 2.49. The van der Waals surface area contributed by atoms with E-state index in [-0.39, 0.29) is 5.11 Å². The number of hydrogen-bond acceptors (Lipinski definition) is 3. The van der Waals surface area contributed by atoms with Gasteiger partial charge in [0.25, 0.3) is 0 Å². The molecular weight excluding hydrogens is 208 g/mol. The molecule has 0 aliphatic rings. The van der Waals surface area contributed by atoms with Gasteiger partial charge in [0.2, 0.25) is 0 Å². The summed E-state index contributed by atoms with van der Waals surface area (Å²) in [6.45, 7) is 2.34. The van der Waals surface area contributed by atoms with Crippen molar-refractivity contribution >= 4 is 29.3 Å². The van der Waals surface area contributed by atoms with Crippen molar-refractivity contribution in [2.75, 3.05) is 6.54 Å². The zero-order valence-corrected chi connectivity index (χ0v) is 8.43. The van der Waals surface area contributed by atoms with Crippen molar-refractivity contribution < 1.29 is 19.8 Å². The molecule has 7 heteroatoms. The molecule has 0 rings (SSSR count). The van der Waals surface area contributed by atoms with Gasteiger partial charge >= 0.3 is 11.9 Å². The summed E-state index contributed by atoms with van der Waals surface area (Å²) in [5.74, 6) is -2.43. The third kappa shape index (κ3) is 5.31. The molecule has 0 spiro atoms. The van der Waals surface area contributed by atoms with Gasteiger partial charge in [0.05, 0.1) is 6.42 Å². The van der Waals surface area contributed by atoms with Crippen LogP contribution in [0.5, 0.6) is 0 Å². The minimum absolute atomic E-state index is 0.140. The fraction of sp³-hybridized carbons (Fsp3) is 0.571. The average molecular weight is 220 g/mol. The first-order valence-corrected chi connectivity index (χ1v) is 4.37. The third-order valence-electron chi connectivity index (χ3n) is 1.32. The van der Waals surface area contributed by atoms with Gasteiger partial charge in [-0.3, -0.25) is 4.79 Å². The Kier molecular flexibility index (Phi) is 5.54. The van der Waals surface area contributed by atoms with E-state index in [9.17, 15) is 9.59 Å². The standard InChI is InChI=1S/C7H12N2O4S/c1-2-8-7(14)9-4(6(12)13)3-5(10)11/h4H,2-3H2,1H3,(H,10,11)(H,12,13)(H2,8,9,14)/t4-/m0/s1. The average Bonchev–Trinajstić information content (AvgIpc) is 2.02. The largest absolute Gasteiger partial charge is 0.481 e. The Labute approximate surface area is 86.3 Å². The number of nitrogens with one attached hydrogen (secondary N) is 2. The van der Waals surface area contributed by atoms with Crippen LogP contribution < -0.4 is 10.6 Å². The highest BCUT2D eigenvalue weighted by Gasteiger charge is 2.21. The Morgan fingerprint density at radius 3 is 2.36 bits per heavy atom. The molecule has 0 unspecified atom stereocenters. The van der Waals surface area contributed by atoms with E-state index in [1.54, 1.807) is 6.92 Å². The Morgan fingerprint density at radius 2 is 2.00 bits per heavy atom. The van der Waals surface area contributed by atoms with Crippen molar-refractivity contribution in [2.24, 2.45) is 0 Å². The van der Waals surface area contributed by atoms with Crippen LogP contribution in [0.1, 0.15) is 13.3 Å². The van der Waals surface area contributed by atoms with E-state index in [0.717, 1.165) is 0 Å². The van der Waals surface area contributed by atoms with E-state index >= 15 is 0 Å². The van der Waals surface area contributed by atoms with Gasteiger partial charge in [-0.05, 0) is 19.1 Å². The fourth-order valence-electron chi connectivity index (χ4n) is 0.745. The van der Waals surface area contributed by atoms with Gasteiger partial charge in [-0.25, -0.2) is 4.79 Å². The molecule has 0 aromatic heterocycles. The summed E-state index contributed by atoms with van der Waals surface area (Å²) < 4.78 is 0. The van der Waals surface area contributed by atoms with Gasteiger partial charge in [0, 0.05) is 6.54 Å². The summed E-state index contributed by atoms with van der Waals surface area (Å²) in [6.07, 6.45) is -0.513. The molecule has 0 aromatic rings. The van der Waals surface area contributed by atoms with E-state index in [1.165, 1.54) is 0 Å². The molecule has 0 aliphatic carbocycles. The molecule has 0 aliphatic heterocycles. The van der Waals surface area contributed by atoms with E-state index in [1.807, 2.05) is 0 Å². The number of rotatable bonds is 5. The van der Waals surface area contributed by atoms with E-state index in [4.69, 9.17) is 22.4 Å². The number of hydrogen-bond donors (Lipinski definition) is 4. The maximum atomic E-state index is 10.6. The highest BCUT2D eigenvalue weighted by Crippen LogP contribution is 1.92. The lowest BCUT2D eigenvalue weighted by atomic mass is 10.2. The number of aliphatic carboxylic acids is 2. The first-order chi connectivity index (χ1) is 6.47. The summed E-state index contributed by atoms with van der Waals surface area (Å²) in [5.41, 5.74) is 0. The molecule has 0 aromatic carbocycles. The molecule has 6 nitrogen and oxygen atoms in total. The van der Waals surface area contributed by atoms with Crippen LogP contribution >= 0.6 is 12.2 Å². The normalized spacial score (nSPS) is 11.5. The predicted molar refractivity (Wildman–Crippen MR) is 53.1 cm³/mol. The van der Waals surface area contributed by atoms with Crippen molar-refractivity contribution in [3.05, 3.63) is 0 Å². The topological polar surface area (TPSA) is 98.7 Å². The van der Waals surface area contributed by atoms with Crippen LogP contribution in [0, 0.1) is 0 Å². The molecule has 1 atom stereocenters. The second-order valence-corrected chi connectivity index (χ2v) is 2.90. The molecule has 0 saturated heterocycles. The fourth-order valence-corrected chi connectivity index (χ4v) is 1.03. The number of carboxylic acid groups (broad SMARTS) is 2. The van der Waals surface area contributed by atoms with Gasteiger partial charge in [0.15, 0.2) is 5.11 Å². The van der Waals surface area contributed by atoms with E-state index in [2.05, 4.69) is 10.6 Å². The van der Waals surface area contributed by atoms with Crippen LogP contribution in [0.2, 0.25) is 0 Å². The minimum atomic E-state index is -1.24. The highest BCUT2D eigenvalue weighted by atomic mass is 32.1. The second kappa shape index (κ2) is 6.14. The smallest absolute Gasteiger partial charge is 0.326 e. The Hall–Kier alpha value is -1.37. The number of carboxylic acids is 2. The maximum absolute atomic E-state index is 10.6. The summed E-state index contributed by atoms with van der Waals surface area (Å²) in [5, 5.41) is 22.2. The molecule has 0 bridgehead atoms. The highest BCUT2D eigenvalue weighted by molar-refractivity contribution is 7.80. The van der Waals surface area contributed by atoms with Crippen LogP contribution in [0.15, 0.2) is 0 Å². The Balaban J connectivity index is 4.16. The predicted octanol–water partition coefficient (Wildman–Crippen LogP) is -0.602. The molecular formula is C7H12N2O4S. The van der Waals surface area contributed by atoms with Gasteiger partial charge in [-0.2, -0.15) is 0 Å². The zero-order chi connectivity index (χ0) is 11.1. The summed E-state index contributed by atoms with van der Waals surface area (Å²) >= 11 is 4.72. The van der Waals surface area contributed by atoms with Crippen LogP contribution in [0.3, 0.4) is 0 Å². The molecule has 0 fully saturated rings. The first kappa shape index (κ1) is 12.6. The van der Waals surface area contributed by atoms with Gasteiger partial charge in [-0.1, -0.05) is 0 Å². The van der Waals surface area contributed by atoms with E-state index < -0.39 is 24.4 Å².